The van der Waals surface area contributed by atoms with Crippen molar-refractivity contribution in [2.75, 3.05) is 20.1 Å². The Labute approximate surface area is 132 Å². The molecule has 5 heteroatoms. The van der Waals surface area contributed by atoms with Crippen LogP contribution in [0.5, 0.6) is 0 Å². The number of rotatable bonds is 7. The van der Waals surface area contributed by atoms with Crippen LogP contribution in [0, 0.1) is 6.92 Å². The van der Waals surface area contributed by atoms with Gasteiger partial charge in [0.1, 0.15) is 0 Å². The second-order valence-electron chi connectivity index (χ2n) is 6.01. The van der Waals surface area contributed by atoms with Crippen LogP contribution in [0.1, 0.15) is 49.2 Å². The molecule has 2 rings (SSSR count). The fourth-order valence-electron chi connectivity index (χ4n) is 2.88. The van der Waals surface area contributed by atoms with Gasteiger partial charge in [-0.1, -0.05) is 6.42 Å². The number of aromatic nitrogens is 1. The van der Waals surface area contributed by atoms with E-state index in [0.717, 1.165) is 31.5 Å². The molecule has 0 aliphatic carbocycles. The summed E-state index contributed by atoms with van der Waals surface area (Å²) in [6.45, 7) is 3.96. The van der Waals surface area contributed by atoms with Crippen molar-refractivity contribution in [2.45, 2.75) is 57.9 Å². The summed E-state index contributed by atoms with van der Waals surface area (Å²) in [7, 11) is 2.18. The quantitative estimate of drug-likeness (QED) is 0.788. The summed E-state index contributed by atoms with van der Waals surface area (Å²) in [6.07, 6.45) is 7.44. The first-order chi connectivity index (χ1) is 10.1. The molecule has 1 atom stereocenters. The molecule has 1 aromatic rings. The number of amides is 1. The zero-order valence-corrected chi connectivity index (χ0v) is 14.0. The predicted octanol–water partition coefficient (Wildman–Crippen LogP) is 2.76. The monoisotopic (exact) mass is 309 g/mol. The molecule has 0 saturated carbocycles. The van der Waals surface area contributed by atoms with Gasteiger partial charge in [-0.3, -0.25) is 4.79 Å². The van der Waals surface area contributed by atoms with E-state index in [1.54, 1.807) is 11.3 Å². The Morgan fingerprint density at radius 1 is 1.52 bits per heavy atom. The maximum absolute atomic E-state index is 11.9. The fourth-order valence-corrected chi connectivity index (χ4v) is 3.70. The van der Waals surface area contributed by atoms with Crippen LogP contribution in [0.15, 0.2) is 5.38 Å². The normalized spacial score (nSPS) is 19.6. The highest BCUT2D eigenvalue weighted by molar-refractivity contribution is 7.09. The molecular weight excluding hydrogens is 282 g/mol. The highest BCUT2D eigenvalue weighted by atomic mass is 32.1. The molecule has 1 fully saturated rings. The van der Waals surface area contributed by atoms with Gasteiger partial charge in [0, 0.05) is 36.5 Å². The first kappa shape index (κ1) is 16.4. The van der Waals surface area contributed by atoms with E-state index in [0.29, 0.717) is 12.5 Å². The van der Waals surface area contributed by atoms with Gasteiger partial charge >= 0.3 is 0 Å². The van der Waals surface area contributed by atoms with E-state index in [1.165, 1.54) is 30.8 Å². The van der Waals surface area contributed by atoms with Gasteiger partial charge in [0.25, 0.3) is 0 Å². The van der Waals surface area contributed by atoms with Crippen molar-refractivity contribution in [1.29, 1.82) is 0 Å². The van der Waals surface area contributed by atoms with Crippen LogP contribution in [0.4, 0.5) is 0 Å². The molecule has 1 aliphatic heterocycles. The second-order valence-corrected chi connectivity index (χ2v) is 6.95. The van der Waals surface area contributed by atoms with E-state index in [9.17, 15) is 4.79 Å². The van der Waals surface area contributed by atoms with Gasteiger partial charge in [0.05, 0.1) is 5.01 Å². The van der Waals surface area contributed by atoms with Crippen LogP contribution in [0.25, 0.3) is 0 Å². The van der Waals surface area contributed by atoms with Gasteiger partial charge in [-0.2, -0.15) is 0 Å². The van der Waals surface area contributed by atoms with Crippen molar-refractivity contribution >= 4 is 17.2 Å². The first-order valence-electron chi connectivity index (χ1n) is 8.03. The third-order valence-electron chi connectivity index (χ3n) is 4.18. The Hall–Kier alpha value is -0.940. The molecule has 4 nitrogen and oxygen atoms in total. The van der Waals surface area contributed by atoms with Gasteiger partial charge in [0.15, 0.2) is 0 Å². The second kappa shape index (κ2) is 8.49. The Morgan fingerprint density at radius 2 is 2.38 bits per heavy atom. The zero-order chi connectivity index (χ0) is 15.1. The molecular formula is C16H27N3OS. The van der Waals surface area contributed by atoms with E-state index >= 15 is 0 Å². The van der Waals surface area contributed by atoms with Crippen molar-refractivity contribution < 1.29 is 4.79 Å². The SMILES string of the molecule is Cc1csc(CCCNC(=O)CCC2CCCCN2C)n1. The lowest BCUT2D eigenvalue weighted by molar-refractivity contribution is -0.121. The predicted molar refractivity (Wildman–Crippen MR) is 87.7 cm³/mol. The Balaban J connectivity index is 1.55. The molecule has 1 N–H and O–H groups in total. The number of piperidine rings is 1. The number of carbonyl (C=O) groups excluding carboxylic acids is 1. The maximum atomic E-state index is 11.9. The van der Waals surface area contributed by atoms with Gasteiger partial charge in [-0.15, -0.1) is 11.3 Å². The van der Waals surface area contributed by atoms with Crippen LogP contribution >= 0.6 is 11.3 Å². The lowest BCUT2D eigenvalue weighted by Gasteiger charge is -2.32. The summed E-state index contributed by atoms with van der Waals surface area (Å²) in [5.74, 6) is 0.198. The Morgan fingerprint density at radius 3 is 3.10 bits per heavy atom. The summed E-state index contributed by atoms with van der Waals surface area (Å²) in [6, 6.07) is 0.600. The third kappa shape index (κ3) is 5.75. The summed E-state index contributed by atoms with van der Waals surface area (Å²) >= 11 is 1.71. The molecule has 0 bridgehead atoms. The van der Waals surface area contributed by atoms with Gasteiger partial charge in [0.2, 0.25) is 5.91 Å². The fraction of sp³-hybridized carbons (Fsp3) is 0.750. The standard InChI is InChI=1S/C16H27N3OS/c1-13-12-21-16(18-13)7-5-10-17-15(20)9-8-14-6-3-4-11-19(14)2/h12,14H,3-11H2,1-2H3,(H,17,20). The van der Waals surface area contributed by atoms with Gasteiger partial charge in [-0.05, 0) is 46.2 Å². The van der Waals surface area contributed by atoms with E-state index in [2.05, 4.69) is 27.6 Å². The lowest BCUT2D eigenvalue weighted by Crippen LogP contribution is -2.37. The lowest BCUT2D eigenvalue weighted by atomic mass is 9.98. The topological polar surface area (TPSA) is 45.2 Å². The van der Waals surface area contributed by atoms with Crippen molar-refractivity contribution in [3.8, 4) is 0 Å². The van der Waals surface area contributed by atoms with Crippen LogP contribution < -0.4 is 5.32 Å². The summed E-state index contributed by atoms with van der Waals surface area (Å²) in [5, 5.41) is 6.28. The van der Waals surface area contributed by atoms with E-state index in [-0.39, 0.29) is 5.91 Å². The summed E-state index contributed by atoms with van der Waals surface area (Å²) < 4.78 is 0. The highest BCUT2D eigenvalue weighted by Crippen LogP contribution is 2.18. The smallest absolute Gasteiger partial charge is 0.220 e. The molecule has 1 amide bonds. The molecule has 1 aromatic heterocycles. The number of likely N-dealkylation sites (tertiary alicyclic amines) is 1. The average Bonchev–Trinajstić information content (AvgIpc) is 2.88. The van der Waals surface area contributed by atoms with Crippen molar-refractivity contribution in [2.24, 2.45) is 0 Å². The van der Waals surface area contributed by atoms with Crippen molar-refractivity contribution in [3.63, 3.8) is 0 Å². The minimum absolute atomic E-state index is 0.198. The van der Waals surface area contributed by atoms with Crippen LogP contribution in [-0.4, -0.2) is 42.0 Å². The number of thiazole rings is 1. The minimum atomic E-state index is 0.198. The number of aryl methyl sites for hydroxylation is 2. The average molecular weight is 309 g/mol. The molecule has 1 saturated heterocycles. The Bertz CT molecular complexity index is 446. The molecule has 0 spiro atoms. The largest absolute Gasteiger partial charge is 0.356 e. The van der Waals surface area contributed by atoms with Crippen LogP contribution in [0.2, 0.25) is 0 Å². The van der Waals surface area contributed by atoms with Gasteiger partial charge in [-0.25, -0.2) is 4.98 Å². The molecule has 1 unspecified atom stereocenters. The maximum Gasteiger partial charge on any atom is 0.220 e. The van der Waals surface area contributed by atoms with E-state index in [4.69, 9.17) is 0 Å². The number of hydrogen-bond donors (Lipinski definition) is 1. The number of nitrogens with zero attached hydrogens (tertiary/aromatic N) is 2. The highest BCUT2D eigenvalue weighted by Gasteiger charge is 2.19. The first-order valence-corrected chi connectivity index (χ1v) is 8.91. The molecule has 118 valence electrons. The molecule has 21 heavy (non-hydrogen) atoms. The minimum Gasteiger partial charge on any atom is -0.356 e. The molecule has 0 aromatic carbocycles. The third-order valence-corrected chi connectivity index (χ3v) is 5.21. The zero-order valence-electron chi connectivity index (χ0n) is 13.2. The number of nitrogens with one attached hydrogen (secondary N) is 1. The molecule has 0 radical (unpaired) electrons. The summed E-state index contributed by atoms with van der Waals surface area (Å²) in [5.41, 5.74) is 1.09. The van der Waals surface area contributed by atoms with E-state index in [1.807, 2.05) is 6.92 Å². The van der Waals surface area contributed by atoms with Crippen LogP contribution in [-0.2, 0) is 11.2 Å². The van der Waals surface area contributed by atoms with Crippen molar-refractivity contribution in [1.82, 2.24) is 15.2 Å². The Kier molecular flexibility index (Phi) is 6.64. The number of carbonyl (C=O) groups is 1. The van der Waals surface area contributed by atoms with Gasteiger partial charge < -0.3 is 10.2 Å². The molecule has 1 aliphatic rings. The van der Waals surface area contributed by atoms with E-state index < -0.39 is 0 Å². The summed E-state index contributed by atoms with van der Waals surface area (Å²) in [4.78, 5) is 18.7. The molecule has 2 heterocycles. The van der Waals surface area contributed by atoms with Crippen LogP contribution in [0.3, 0.4) is 0 Å². The van der Waals surface area contributed by atoms with Crippen molar-refractivity contribution in [3.05, 3.63) is 16.1 Å². The number of hydrogen-bond acceptors (Lipinski definition) is 4.